The average molecular weight is 370 g/mol. The molecule has 0 saturated heterocycles. The fourth-order valence-electron chi connectivity index (χ4n) is 2.24. The van der Waals surface area contributed by atoms with Crippen molar-refractivity contribution in [1.82, 2.24) is 10.2 Å². The van der Waals surface area contributed by atoms with E-state index in [1.54, 1.807) is 6.07 Å². The summed E-state index contributed by atoms with van der Waals surface area (Å²) in [7, 11) is 0. The number of hydrogen-bond donors (Lipinski definition) is 2. The zero-order valence-electron chi connectivity index (χ0n) is 14.4. The molecule has 138 valence electrons. The Morgan fingerprint density at radius 3 is 2.33 bits per heavy atom. The first-order chi connectivity index (χ1) is 13.0. The molecule has 3 aromatic rings. The number of benzene rings is 2. The van der Waals surface area contributed by atoms with Gasteiger partial charge in [-0.2, -0.15) is 0 Å². The van der Waals surface area contributed by atoms with Crippen molar-refractivity contribution in [2.45, 2.75) is 6.92 Å². The van der Waals surface area contributed by atoms with E-state index in [0.29, 0.717) is 12.4 Å². The van der Waals surface area contributed by atoms with Crippen LogP contribution in [0.2, 0.25) is 0 Å². The molecule has 0 saturated carbocycles. The van der Waals surface area contributed by atoms with Crippen LogP contribution in [-0.4, -0.2) is 22.7 Å². The summed E-state index contributed by atoms with van der Waals surface area (Å²) < 4.78 is 31.5. The van der Waals surface area contributed by atoms with Crippen molar-refractivity contribution in [2.75, 3.05) is 17.2 Å². The minimum Gasteiger partial charge on any atom is -0.494 e. The Hall–Kier alpha value is -3.55. The second-order valence-corrected chi connectivity index (χ2v) is 5.47. The van der Waals surface area contributed by atoms with Crippen LogP contribution in [0.25, 0.3) is 0 Å². The molecule has 0 bridgehead atoms. The van der Waals surface area contributed by atoms with Gasteiger partial charge in [-0.15, -0.1) is 10.2 Å². The molecule has 0 radical (unpaired) electrons. The Morgan fingerprint density at radius 1 is 0.963 bits per heavy atom. The van der Waals surface area contributed by atoms with Crippen LogP contribution in [-0.2, 0) is 0 Å². The summed E-state index contributed by atoms with van der Waals surface area (Å²) in [6.07, 6.45) is 0. The number of anilines is 3. The van der Waals surface area contributed by atoms with Crippen LogP contribution >= 0.6 is 0 Å². The van der Waals surface area contributed by atoms with E-state index in [9.17, 15) is 13.6 Å². The standard InChI is InChI=1S/C19H16F2N4O2/c1-2-27-14-6-3-12(4-7-14)22-18-10-9-17(24-25-18)19(26)23-13-5-8-15(20)16(21)11-13/h3-11H,2H2,1H3,(H,22,25)(H,23,26). The third-order valence-electron chi connectivity index (χ3n) is 3.51. The zero-order valence-corrected chi connectivity index (χ0v) is 14.4. The number of aromatic nitrogens is 2. The van der Waals surface area contributed by atoms with Gasteiger partial charge < -0.3 is 15.4 Å². The van der Waals surface area contributed by atoms with Gasteiger partial charge in [0.15, 0.2) is 23.1 Å². The molecule has 0 spiro atoms. The van der Waals surface area contributed by atoms with Crippen molar-refractivity contribution < 1.29 is 18.3 Å². The molecule has 0 aliphatic carbocycles. The van der Waals surface area contributed by atoms with Crippen LogP contribution in [0.15, 0.2) is 54.6 Å². The number of nitrogens with one attached hydrogen (secondary N) is 2. The minimum atomic E-state index is -1.05. The molecule has 2 aromatic carbocycles. The van der Waals surface area contributed by atoms with Gasteiger partial charge in [0, 0.05) is 17.4 Å². The van der Waals surface area contributed by atoms with Gasteiger partial charge in [-0.25, -0.2) is 8.78 Å². The molecule has 1 amide bonds. The van der Waals surface area contributed by atoms with Crippen LogP contribution in [0.5, 0.6) is 5.75 Å². The molecule has 6 nitrogen and oxygen atoms in total. The van der Waals surface area contributed by atoms with Crippen molar-refractivity contribution in [3.05, 3.63) is 71.9 Å². The van der Waals surface area contributed by atoms with Crippen molar-refractivity contribution in [3.8, 4) is 5.75 Å². The highest BCUT2D eigenvalue weighted by Crippen LogP contribution is 2.19. The van der Waals surface area contributed by atoms with Crippen molar-refractivity contribution in [1.29, 1.82) is 0 Å². The van der Waals surface area contributed by atoms with E-state index in [4.69, 9.17) is 4.74 Å². The third-order valence-corrected chi connectivity index (χ3v) is 3.51. The highest BCUT2D eigenvalue weighted by molar-refractivity contribution is 6.02. The van der Waals surface area contributed by atoms with Crippen LogP contribution in [0.1, 0.15) is 17.4 Å². The lowest BCUT2D eigenvalue weighted by Crippen LogP contribution is -2.14. The lowest BCUT2D eigenvalue weighted by Gasteiger charge is -2.08. The summed E-state index contributed by atoms with van der Waals surface area (Å²) in [6.45, 7) is 2.50. The van der Waals surface area contributed by atoms with E-state index < -0.39 is 17.5 Å². The van der Waals surface area contributed by atoms with Crippen molar-refractivity contribution in [2.24, 2.45) is 0 Å². The molecule has 0 unspecified atom stereocenters. The third kappa shape index (κ3) is 4.75. The molecule has 0 aliphatic heterocycles. The number of carbonyl (C=O) groups excluding carboxylic acids is 1. The second kappa shape index (κ2) is 8.22. The van der Waals surface area contributed by atoms with Gasteiger partial charge in [-0.05, 0) is 55.5 Å². The van der Waals surface area contributed by atoms with E-state index in [0.717, 1.165) is 23.6 Å². The topological polar surface area (TPSA) is 76.1 Å². The lowest BCUT2D eigenvalue weighted by atomic mass is 10.2. The number of nitrogens with zero attached hydrogens (tertiary/aromatic N) is 2. The minimum absolute atomic E-state index is 0.0389. The van der Waals surface area contributed by atoms with Gasteiger partial charge in [-0.1, -0.05) is 0 Å². The summed E-state index contributed by atoms with van der Waals surface area (Å²) in [4.78, 5) is 12.1. The van der Waals surface area contributed by atoms with Crippen LogP contribution in [0.3, 0.4) is 0 Å². The summed E-state index contributed by atoms with van der Waals surface area (Å²) >= 11 is 0. The average Bonchev–Trinajstić information content (AvgIpc) is 2.67. The van der Waals surface area contributed by atoms with Crippen LogP contribution in [0.4, 0.5) is 26.0 Å². The summed E-state index contributed by atoms with van der Waals surface area (Å²) in [6, 6.07) is 13.4. The molecule has 1 aromatic heterocycles. The van der Waals surface area contributed by atoms with Crippen molar-refractivity contribution >= 4 is 23.1 Å². The number of halogens is 2. The number of amides is 1. The van der Waals surface area contributed by atoms with Gasteiger partial charge in [0.05, 0.1) is 6.61 Å². The SMILES string of the molecule is CCOc1ccc(Nc2ccc(C(=O)Nc3ccc(F)c(F)c3)nn2)cc1. The van der Waals surface area contributed by atoms with Crippen molar-refractivity contribution in [3.63, 3.8) is 0 Å². The Kier molecular flexibility index (Phi) is 5.55. The molecule has 8 heteroatoms. The Balaban J connectivity index is 1.63. The van der Waals surface area contributed by atoms with Crippen LogP contribution in [0, 0.1) is 11.6 Å². The maximum absolute atomic E-state index is 13.2. The predicted molar refractivity (Wildman–Crippen MR) is 97.2 cm³/mol. The first kappa shape index (κ1) is 18.2. The summed E-state index contributed by atoms with van der Waals surface area (Å²) in [5.41, 5.74) is 0.945. The van der Waals surface area contributed by atoms with Gasteiger partial charge in [0.2, 0.25) is 0 Å². The molecule has 1 heterocycles. The second-order valence-electron chi connectivity index (χ2n) is 5.47. The Bertz CT molecular complexity index is 931. The largest absolute Gasteiger partial charge is 0.494 e. The monoisotopic (exact) mass is 370 g/mol. The van der Waals surface area contributed by atoms with E-state index in [1.807, 2.05) is 31.2 Å². The molecule has 0 aliphatic rings. The predicted octanol–water partition coefficient (Wildman–Crippen LogP) is 4.15. The first-order valence-corrected chi connectivity index (χ1v) is 8.15. The highest BCUT2D eigenvalue weighted by atomic mass is 19.2. The number of ether oxygens (including phenoxy) is 1. The molecular formula is C19H16F2N4O2. The molecule has 3 rings (SSSR count). The Morgan fingerprint density at radius 2 is 1.70 bits per heavy atom. The van der Waals surface area contributed by atoms with Crippen LogP contribution < -0.4 is 15.4 Å². The summed E-state index contributed by atoms with van der Waals surface area (Å²) in [5.74, 6) is -1.41. The van der Waals surface area contributed by atoms with Gasteiger partial charge in [-0.3, -0.25) is 4.79 Å². The molecule has 0 fully saturated rings. The maximum Gasteiger partial charge on any atom is 0.276 e. The normalized spacial score (nSPS) is 10.3. The molecule has 27 heavy (non-hydrogen) atoms. The highest BCUT2D eigenvalue weighted by Gasteiger charge is 2.10. The van der Waals surface area contributed by atoms with Gasteiger partial charge in [0.1, 0.15) is 5.75 Å². The van der Waals surface area contributed by atoms with Gasteiger partial charge >= 0.3 is 0 Å². The smallest absolute Gasteiger partial charge is 0.276 e. The zero-order chi connectivity index (χ0) is 19.2. The van der Waals surface area contributed by atoms with E-state index >= 15 is 0 Å². The molecular weight excluding hydrogens is 354 g/mol. The molecule has 0 atom stereocenters. The fraction of sp³-hybridized carbons (Fsp3) is 0.105. The quantitative estimate of drug-likeness (QED) is 0.682. The summed E-state index contributed by atoms with van der Waals surface area (Å²) in [5, 5.41) is 13.3. The first-order valence-electron chi connectivity index (χ1n) is 8.15. The fourth-order valence-corrected chi connectivity index (χ4v) is 2.24. The van der Waals surface area contributed by atoms with E-state index in [1.165, 1.54) is 12.1 Å². The number of rotatable bonds is 6. The maximum atomic E-state index is 13.2. The Labute approximate surface area is 154 Å². The lowest BCUT2D eigenvalue weighted by molar-refractivity contribution is 0.102. The van der Waals surface area contributed by atoms with E-state index in [-0.39, 0.29) is 11.4 Å². The number of hydrogen-bond acceptors (Lipinski definition) is 5. The van der Waals surface area contributed by atoms with Gasteiger partial charge in [0.25, 0.3) is 5.91 Å². The van der Waals surface area contributed by atoms with E-state index in [2.05, 4.69) is 20.8 Å². The molecule has 2 N–H and O–H groups in total. The number of carbonyl (C=O) groups is 1.